The van der Waals surface area contributed by atoms with Crippen LogP contribution in [0.3, 0.4) is 0 Å². The van der Waals surface area contributed by atoms with E-state index in [0.717, 1.165) is 0 Å². The fourth-order valence-electron chi connectivity index (χ4n) is 2.52. The molecule has 0 spiro atoms. The first-order chi connectivity index (χ1) is 5.84. The van der Waals surface area contributed by atoms with Crippen molar-refractivity contribution in [2.24, 2.45) is 0 Å². The maximum absolute atomic E-state index is 2.67. The average molecular weight is 518 g/mol. The van der Waals surface area contributed by atoms with Gasteiger partial charge in [0.2, 0.25) is 0 Å². The SMILES string of the molecule is [CH3][Sn]([CH3])([CH3])[CH2][CH]([Sn]([CH3])([CH3])[CH3])[Sn]([CH3])([CH3])[CH3]. The van der Waals surface area contributed by atoms with E-state index in [-0.39, 0.29) is 0 Å². The Bertz CT molecular complexity index is 164. The molecular weight excluding hydrogens is 488 g/mol. The normalized spacial score (nSPS) is 15.0. The van der Waals surface area contributed by atoms with E-state index in [9.17, 15) is 0 Å². The molecule has 0 bridgehead atoms. The molecule has 14 heavy (non-hydrogen) atoms. The van der Waals surface area contributed by atoms with E-state index in [4.69, 9.17) is 0 Å². The molecule has 0 heterocycles. The summed E-state index contributed by atoms with van der Waals surface area (Å²) in [5.41, 5.74) is 0. The van der Waals surface area contributed by atoms with Gasteiger partial charge in [0.1, 0.15) is 0 Å². The Balaban J connectivity index is 4.78. The molecule has 0 saturated heterocycles. The van der Waals surface area contributed by atoms with Crippen LogP contribution in [0.4, 0.5) is 0 Å². The third-order valence-electron chi connectivity index (χ3n) is 2.91. The van der Waals surface area contributed by atoms with Crippen molar-refractivity contribution < 1.29 is 0 Å². The molecule has 0 amide bonds. The fraction of sp³-hybridized carbons (Fsp3) is 1.00. The minimum absolute atomic E-state index is 1.29. The van der Waals surface area contributed by atoms with Gasteiger partial charge in [0, 0.05) is 0 Å². The van der Waals surface area contributed by atoms with Crippen LogP contribution in [0, 0.1) is 0 Å². The molecule has 0 aliphatic carbocycles. The van der Waals surface area contributed by atoms with Gasteiger partial charge in [-0.15, -0.1) is 0 Å². The van der Waals surface area contributed by atoms with Gasteiger partial charge in [0.25, 0.3) is 0 Å². The first-order valence-electron chi connectivity index (χ1n) is 5.84. The molecule has 0 fully saturated rings. The summed E-state index contributed by atoms with van der Waals surface area (Å²) in [6.07, 6.45) is 0. The Morgan fingerprint density at radius 2 is 0.929 bits per heavy atom. The van der Waals surface area contributed by atoms with E-state index in [1.165, 1.54) is 1.95 Å². The third kappa shape index (κ3) is 6.87. The summed E-state index contributed by atoms with van der Waals surface area (Å²) in [7, 11) is 0. The summed E-state index contributed by atoms with van der Waals surface area (Å²) >= 11 is -4.79. The topological polar surface area (TPSA) is 0 Å². The van der Waals surface area contributed by atoms with Crippen LogP contribution >= 0.6 is 0 Å². The number of hydrogen-bond donors (Lipinski definition) is 0. The Hall–Kier alpha value is 2.40. The molecule has 0 atom stereocenters. The standard InChI is InChI=1S/C2H3.9CH3.3Sn/c1-2;;;;;;;;;;;;/h1H,2H2;9*1H3;;;. The predicted octanol–water partition coefficient (Wildman–Crippen LogP) is 4.91. The van der Waals surface area contributed by atoms with Crippen LogP contribution in [0.15, 0.2) is 0 Å². The molecule has 0 saturated carbocycles. The summed E-state index contributed by atoms with van der Waals surface area (Å²) in [4.78, 5) is 23.9. The molecule has 0 aliphatic rings. The van der Waals surface area contributed by atoms with E-state index in [1.54, 1.807) is 4.44 Å². The van der Waals surface area contributed by atoms with Crippen molar-refractivity contribution in [3.63, 3.8) is 0 Å². The van der Waals surface area contributed by atoms with Crippen molar-refractivity contribution in [3.05, 3.63) is 0 Å². The Labute approximate surface area is 104 Å². The van der Waals surface area contributed by atoms with E-state index >= 15 is 0 Å². The quantitative estimate of drug-likeness (QED) is 0.464. The molecule has 0 radical (unpaired) electrons. The second-order valence-electron chi connectivity index (χ2n) is 8.05. The van der Waals surface area contributed by atoms with Crippen molar-refractivity contribution in [2.45, 2.75) is 50.8 Å². The monoisotopic (exact) mass is 522 g/mol. The zero-order valence-electron chi connectivity index (χ0n) is 11.8. The summed E-state index contributed by atoms with van der Waals surface area (Å²) in [6, 6.07) is 0. The van der Waals surface area contributed by atoms with E-state index in [0.29, 0.717) is 0 Å². The molecule has 0 rings (SSSR count). The molecular formula is C11H30Sn3. The molecule has 3 heteroatoms. The van der Waals surface area contributed by atoms with Crippen LogP contribution in [0.2, 0.25) is 50.8 Å². The maximum atomic E-state index is 2.67. The Kier molecular flexibility index (Phi) is 6.28. The van der Waals surface area contributed by atoms with Gasteiger partial charge in [0.05, 0.1) is 0 Å². The van der Waals surface area contributed by atoms with Gasteiger partial charge in [-0.05, 0) is 0 Å². The van der Waals surface area contributed by atoms with Crippen LogP contribution < -0.4 is 0 Å². The summed E-state index contributed by atoms with van der Waals surface area (Å²) in [5.74, 6) is 0. The van der Waals surface area contributed by atoms with Crippen molar-refractivity contribution in [1.82, 2.24) is 0 Å². The molecule has 0 aliphatic heterocycles. The zero-order chi connectivity index (χ0) is 11.8. The summed E-state index contributed by atoms with van der Waals surface area (Å²) in [6.45, 7) is 0. The van der Waals surface area contributed by atoms with Crippen molar-refractivity contribution in [3.8, 4) is 0 Å². The van der Waals surface area contributed by atoms with Crippen molar-refractivity contribution in [2.75, 3.05) is 0 Å². The van der Waals surface area contributed by atoms with Gasteiger partial charge in [-0.3, -0.25) is 0 Å². The molecule has 86 valence electrons. The van der Waals surface area contributed by atoms with E-state index in [2.05, 4.69) is 44.5 Å². The van der Waals surface area contributed by atoms with Crippen LogP contribution in [0.25, 0.3) is 0 Å². The van der Waals surface area contributed by atoms with Gasteiger partial charge >= 0.3 is 106 Å². The number of rotatable bonds is 4. The first kappa shape index (κ1) is 16.4. The van der Waals surface area contributed by atoms with Gasteiger partial charge in [-0.25, -0.2) is 0 Å². The second kappa shape index (κ2) is 5.36. The molecule has 0 unspecified atom stereocenters. The van der Waals surface area contributed by atoms with Gasteiger partial charge in [-0.1, -0.05) is 0 Å². The Morgan fingerprint density at radius 1 is 0.643 bits per heavy atom. The third-order valence-corrected chi connectivity index (χ3v) is 60.5. The molecule has 0 nitrogen and oxygen atoms in total. The molecule has 0 N–H and O–H groups in total. The van der Waals surface area contributed by atoms with Crippen LogP contribution in [0.1, 0.15) is 0 Å². The van der Waals surface area contributed by atoms with E-state index < -0.39 is 55.1 Å². The van der Waals surface area contributed by atoms with Gasteiger partial charge < -0.3 is 0 Å². The summed E-state index contributed by atoms with van der Waals surface area (Å²) < 4.78 is 2.99. The van der Waals surface area contributed by atoms with Crippen LogP contribution in [0.5, 0.6) is 0 Å². The first-order valence-corrected chi connectivity index (χ1v) is 36.8. The molecule has 0 aromatic heterocycles. The zero-order valence-corrected chi connectivity index (χ0v) is 20.3. The van der Waals surface area contributed by atoms with Crippen LogP contribution in [-0.2, 0) is 0 Å². The second-order valence-corrected chi connectivity index (χ2v) is 59.5. The predicted molar refractivity (Wildman–Crippen MR) is 78.6 cm³/mol. The van der Waals surface area contributed by atoms with Crippen molar-refractivity contribution in [1.29, 1.82) is 0 Å². The van der Waals surface area contributed by atoms with Crippen LogP contribution in [-0.4, -0.2) is 55.1 Å². The molecule has 0 aromatic rings. The van der Waals surface area contributed by atoms with Crippen molar-refractivity contribution >= 4 is 55.1 Å². The molecule has 0 aromatic carbocycles. The van der Waals surface area contributed by atoms with E-state index in [1.807, 2.05) is 0 Å². The Morgan fingerprint density at radius 3 is 1.00 bits per heavy atom. The summed E-state index contributed by atoms with van der Waals surface area (Å²) in [5, 5.41) is 0. The van der Waals surface area contributed by atoms with Gasteiger partial charge in [-0.2, -0.15) is 0 Å². The minimum atomic E-state index is -1.62. The average Bonchev–Trinajstić information content (AvgIpc) is 1.75. The number of hydrogen-bond acceptors (Lipinski definition) is 0. The fourth-order valence-corrected chi connectivity index (χ4v) is 114. The van der Waals surface area contributed by atoms with Gasteiger partial charge in [0.15, 0.2) is 0 Å².